The third-order valence-corrected chi connectivity index (χ3v) is 7.17. The van der Waals surface area contributed by atoms with Crippen LogP contribution in [0.4, 0.5) is 16.2 Å². The predicted octanol–water partition coefficient (Wildman–Crippen LogP) is 4.07. The zero-order chi connectivity index (χ0) is 27.9. The number of carbonyl (C=O) groups is 2. The van der Waals surface area contributed by atoms with Crippen LogP contribution in [0, 0.1) is 0 Å². The number of amides is 3. The van der Waals surface area contributed by atoms with Gasteiger partial charge in [0.15, 0.2) is 4.90 Å². The summed E-state index contributed by atoms with van der Waals surface area (Å²) in [6.45, 7) is 4.45. The van der Waals surface area contributed by atoms with Crippen LogP contribution in [-0.4, -0.2) is 28.7 Å². The van der Waals surface area contributed by atoms with Crippen molar-refractivity contribution in [3.8, 4) is 0 Å². The molecule has 11 heteroatoms. The van der Waals surface area contributed by atoms with E-state index in [4.69, 9.17) is 11.3 Å². The lowest BCUT2D eigenvalue weighted by atomic mass is 9.98. The summed E-state index contributed by atoms with van der Waals surface area (Å²) in [5, 5.41) is 5.99. The zero-order valence-corrected chi connectivity index (χ0v) is 22.3. The van der Waals surface area contributed by atoms with Crippen LogP contribution in [-0.2, 0) is 21.0 Å². The quantitative estimate of drug-likeness (QED) is 0.147. The van der Waals surface area contributed by atoms with Gasteiger partial charge in [-0.1, -0.05) is 48.4 Å². The molecule has 3 aromatic carbocycles. The zero-order valence-electron chi connectivity index (χ0n) is 21.5. The molecule has 0 spiro atoms. The smallest absolute Gasteiger partial charge is 0.326 e. The number of nitrogens with zero attached hydrogens (tertiary/aromatic N) is 3. The number of guanidine groups is 1. The molecule has 0 aliphatic carbocycles. The molecular formula is C27H32N6O4S+2. The molecule has 0 aliphatic rings. The maximum absolute atomic E-state index is 13.5. The van der Waals surface area contributed by atoms with Gasteiger partial charge in [0.1, 0.15) is 6.26 Å². The van der Waals surface area contributed by atoms with E-state index in [1.807, 2.05) is 24.3 Å². The van der Waals surface area contributed by atoms with Gasteiger partial charge >= 0.3 is 6.03 Å². The first-order chi connectivity index (χ1) is 18.0. The summed E-state index contributed by atoms with van der Waals surface area (Å²) in [4.78, 5) is 31.0. The van der Waals surface area contributed by atoms with Crippen molar-refractivity contribution in [1.82, 2.24) is 0 Å². The van der Waals surface area contributed by atoms with Crippen molar-refractivity contribution in [2.75, 3.05) is 16.5 Å². The Kier molecular flexibility index (Phi) is 9.21. The van der Waals surface area contributed by atoms with Crippen LogP contribution >= 0.6 is 0 Å². The average molecular weight is 537 g/mol. The second-order valence-corrected chi connectivity index (χ2v) is 10.9. The van der Waals surface area contributed by atoms with Crippen molar-refractivity contribution < 1.29 is 23.9 Å². The lowest BCUT2D eigenvalue weighted by Gasteiger charge is -2.24. The van der Waals surface area contributed by atoms with Gasteiger partial charge in [0.05, 0.1) is 6.54 Å². The molecule has 0 saturated carbocycles. The van der Waals surface area contributed by atoms with Crippen molar-refractivity contribution in [3.63, 3.8) is 0 Å². The third-order valence-electron chi connectivity index (χ3n) is 6.04. The van der Waals surface area contributed by atoms with Gasteiger partial charge in [-0.2, -0.15) is 9.55 Å². The van der Waals surface area contributed by atoms with Gasteiger partial charge in [0, 0.05) is 28.1 Å². The van der Waals surface area contributed by atoms with E-state index in [1.165, 1.54) is 18.4 Å². The van der Waals surface area contributed by atoms with E-state index in [1.54, 1.807) is 41.3 Å². The molecule has 2 unspecified atom stereocenters. The minimum absolute atomic E-state index is 0.191. The SMILES string of the molecule is CCC(C)c1ccc(N(Cc2ccc(C(=O)N=C(N)N=[NH2+])cc2)C(=O)Nc2cccc([S+](C)(=O)O)c2)cc1. The standard InChI is InChI=1S/C27H30N6O4S/c1-4-18(2)20-12-14-23(15-13-20)33(27(35)30-22-6-5-7-24(16-22)38(3,36)37)17-19-8-10-21(11-9-19)25(34)31-26(28)32-29/h5-16,18,29H,4,17H2,1-3H3,(H3-,28,30,31,34,35,36,37)/p+2. The molecule has 0 saturated heterocycles. The normalized spacial score (nSPS) is 13.7. The van der Waals surface area contributed by atoms with E-state index >= 15 is 0 Å². The van der Waals surface area contributed by atoms with Crippen LogP contribution in [0.25, 0.3) is 0 Å². The van der Waals surface area contributed by atoms with Crippen LogP contribution in [0.3, 0.4) is 0 Å². The highest BCUT2D eigenvalue weighted by Gasteiger charge is 2.23. The van der Waals surface area contributed by atoms with Gasteiger partial charge in [-0.15, -0.1) is 5.53 Å². The fraction of sp³-hybridized carbons (Fsp3) is 0.222. The summed E-state index contributed by atoms with van der Waals surface area (Å²) in [7, 11) is -3.19. The Morgan fingerprint density at radius 2 is 1.76 bits per heavy atom. The van der Waals surface area contributed by atoms with Crippen LogP contribution in [0.15, 0.2) is 87.8 Å². The Morgan fingerprint density at radius 3 is 2.34 bits per heavy atom. The van der Waals surface area contributed by atoms with Gasteiger partial charge in [-0.05, 0) is 59.9 Å². The van der Waals surface area contributed by atoms with Gasteiger partial charge in [0.25, 0.3) is 11.9 Å². The lowest BCUT2D eigenvalue weighted by molar-refractivity contribution is -0.207. The van der Waals surface area contributed by atoms with Crippen molar-refractivity contribution in [1.29, 1.82) is 0 Å². The molecule has 0 fully saturated rings. The van der Waals surface area contributed by atoms with E-state index in [9.17, 15) is 18.4 Å². The molecule has 3 aromatic rings. The molecule has 3 amide bonds. The molecule has 10 nitrogen and oxygen atoms in total. The molecule has 0 heterocycles. The Morgan fingerprint density at radius 1 is 1.11 bits per heavy atom. The number of nitrogens with two attached hydrogens (primary N) is 2. The van der Waals surface area contributed by atoms with E-state index < -0.39 is 22.2 Å². The Balaban J connectivity index is 1.90. The number of aliphatic imine (C=N–C) groups is 1. The van der Waals surface area contributed by atoms with E-state index in [2.05, 4.69) is 29.3 Å². The number of carbonyl (C=O) groups excluding carboxylic acids is 2. The maximum atomic E-state index is 13.5. The topological polar surface area (TPSA) is 163 Å². The van der Waals surface area contributed by atoms with Crippen molar-refractivity contribution >= 4 is 39.5 Å². The highest BCUT2D eigenvalue weighted by Crippen LogP contribution is 2.25. The minimum atomic E-state index is -3.19. The molecule has 0 radical (unpaired) electrons. The monoisotopic (exact) mass is 536 g/mol. The van der Waals surface area contributed by atoms with E-state index in [0.717, 1.165) is 17.5 Å². The number of nitrogens with one attached hydrogen (secondary N) is 1. The predicted molar refractivity (Wildman–Crippen MR) is 148 cm³/mol. The maximum Gasteiger partial charge on any atom is 0.326 e. The fourth-order valence-corrected chi connectivity index (χ4v) is 4.31. The lowest BCUT2D eigenvalue weighted by Crippen LogP contribution is -2.34. The summed E-state index contributed by atoms with van der Waals surface area (Å²) in [6.07, 6.45) is 2.21. The molecule has 0 bridgehead atoms. The van der Waals surface area contributed by atoms with Crippen molar-refractivity contribution in [2.45, 2.75) is 37.6 Å². The summed E-state index contributed by atoms with van der Waals surface area (Å²) >= 11 is 0. The molecule has 3 rings (SSSR count). The number of rotatable bonds is 8. The summed E-state index contributed by atoms with van der Waals surface area (Å²) in [5.74, 6) is -0.535. The first-order valence-corrected chi connectivity index (χ1v) is 13.8. The third kappa shape index (κ3) is 7.40. The first kappa shape index (κ1) is 28.4. The van der Waals surface area contributed by atoms with Crippen LogP contribution < -0.4 is 21.5 Å². The van der Waals surface area contributed by atoms with Crippen molar-refractivity contribution in [2.24, 2.45) is 15.8 Å². The number of hydrogen-bond donors (Lipinski definition) is 4. The number of benzene rings is 3. The summed E-state index contributed by atoms with van der Waals surface area (Å²) in [5.41, 5.74) is 13.7. The number of hydrogen-bond acceptors (Lipinski definition) is 3. The van der Waals surface area contributed by atoms with Gasteiger partial charge in [-0.3, -0.25) is 9.69 Å². The molecule has 0 aromatic heterocycles. The van der Waals surface area contributed by atoms with Gasteiger partial charge in [-0.25, -0.2) is 4.79 Å². The number of urea groups is 1. The minimum Gasteiger partial charge on any atom is -0.363 e. The van der Waals surface area contributed by atoms with E-state index in [0.29, 0.717) is 22.9 Å². The number of anilines is 2. The Bertz CT molecular complexity index is 1380. The molecule has 38 heavy (non-hydrogen) atoms. The Labute approximate surface area is 222 Å². The second kappa shape index (κ2) is 12.3. The largest absolute Gasteiger partial charge is 0.363 e. The molecule has 2 atom stereocenters. The molecule has 6 N–H and O–H groups in total. The van der Waals surface area contributed by atoms with Crippen LogP contribution in [0.5, 0.6) is 0 Å². The van der Waals surface area contributed by atoms with Gasteiger partial charge < -0.3 is 11.1 Å². The summed E-state index contributed by atoms with van der Waals surface area (Å²) in [6, 6.07) is 20.2. The second-order valence-electron chi connectivity index (χ2n) is 8.85. The average Bonchev–Trinajstić information content (AvgIpc) is 2.91. The van der Waals surface area contributed by atoms with E-state index in [-0.39, 0.29) is 17.4 Å². The Hall–Kier alpha value is -4.22. The van der Waals surface area contributed by atoms with Gasteiger partial charge in [0.2, 0.25) is 10.2 Å². The summed E-state index contributed by atoms with van der Waals surface area (Å²) < 4.78 is 22.0. The highest BCUT2D eigenvalue weighted by atomic mass is 32.3. The van der Waals surface area contributed by atoms with Crippen LogP contribution in [0.2, 0.25) is 0 Å². The molecule has 198 valence electrons. The first-order valence-electron chi connectivity index (χ1n) is 11.9. The molecule has 0 aliphatic heterocycles. The van der Waals surface area contributed by atoms with Crippen molar-refractivity contribution in [3.05, 3.63) is 89.5 Å². The van der Waals surface area contributed by atoms with Crippen LogP contribution in [0.1, 0.15) is 47.7 Å². The fourth-order valence-electron chi connectivity index (χ4n) is 3.63. The molecular weight excluding hydrogens is 504 g/mol. The highest BCUT2D eigenvalue weighted by molar-refractivity contribution is 7.97.